The summed E-state index contributed by atoms with van der Waals surface area (Å²) in [6.07, 6.45) is 3.38. The summed E-state index contributed by atoms with van der Waals surface area (Å²) in [5, 5.41) is 7.07. The molecule has 0 spiro atoms. The van der Waals surface area contributed by atoms with Crippen LogP contribution in [0, 0.1) is 13.8 Å². The van der Waals surface area contributed by atoms with Crippen LogP contribution in [-0.4, -0.2) is 10.8 Å². The zero-order chi connectivity index (χ0) is 15.5. The zero-order valence-electron chi connectivity index (χ0n) is 12.4. The Morgan fingerprint density at radius 2 is 2.00 bits per heavy atom. The van der Waals surface area contributed by atoms with Crippen LogP contribution in [0.3, 0.4) is 0 Å². The number of benzene rings is 1. The van der Waals surface area contributed by atoms with E-state index in [1.54, 1.807) is 34.8 Å². The van der Waals surface area contributed by atoms with Crippen LogP contribution in [0.4, 0.5) is 0 Å². The molecule has 4 heteroatoms. The van der Waals surface area contributed by atoms with E-state index in [9.17, 15) is 4.79 Å². The summed E-state index contributed by atoms with van der Waals surface area (Å²) in [6, 6.07) is 7.83. The Bertz CT molecular complexity index is 829. The third-order valence-electron chi connectivity index (χ3n) is 3.49. The van der Waals surface area contributed by atoms with Crippen LogP contribution < -0.4 is 0 Å². The van der Waals surface area contributed by atoms with Crippen molar-refractivity contribution in [3.05, 3.63) is 68.9 Å². The lowest BCUT2D eigenvalue weighted by Gasteiger charge is -2.01. The summed E-state index contributed by atoms with van der Waals surface area (Å²) in [6.45, 7) is 4.06. The molecule has 0 unspecified atom stereocenters. The maximum atomic E-state index is 12.2. The standard InChI is InChI=1S/C18H15NOS2/c1-12-3-4-14(9-13(12)2)17(20)6-5-16-11-22-18(19-16)15-7-8-21-10-15/h3-11H,1-2H3/b6-5+. The number of aryl methyl sites for hydroxylation is 2. The minimum absolute atomic E-state index is 0.00758. The molecular formula is C18H15NOS2. The molecule has 0 saturated carbocycles. The molecule has 2 aromatic heterocycles. The number of allylic oxidation sites excluding steroid dienone is 1. The minimum atomic E-state index is 0.00758. The van der Waals surface area contributed by atoms with E-state index >= 15 is 0 Å². The van der Waals surface area contributed by atoms with Gasteiger partial charge in [0.25, 0.3) is 0 Å². The molecule has 0 fully saturated rings. The van der Waals surface area contributed by atoms with Gasteiger partial charge in [0.1, 0.15) is 5.01 Å². The first-order valence-corrected chi connectivity index (χ1v) is 8.73. The van der Waals surface area contributed by atoms with Gasteiger partial charge in [-0.25, -0.2) is 4.98 Å². The van der Waals surface area contributed by atoms with Gasteiger partial charge >= 0.3 is 0 Å². The summed E-state index contributed by atoms with van der Waals surface area (Å²) in [4.78, 5) is 16.7. The first-order chi connectivity index (χ1) is 10.6. The normalized spacial score (nSPS) is 11.2. The summed E-state index contributed by atoms with van der Waals surface area (Å²) in [7, 11) is 0. The van der Waals surface area contributed by atoms with Gasteiger partial charge in [-0.1, -0.05) is 12.1 Å². The van der Waals surface area contributed by atoms with Crippen molar-refractivity contribution in [3.8, 4) is 10.6 Å². The number of hydrogen-bond acceptors (Lipinski definition) is 4. The van der Waals surface area contributed by atoms with Gasteiger partial charge in [-0.05, 0) is 54.6 Å². The Balaban J connectivity index is 1.76. The smallest absolute Gasteiger partial charge is 0.185 e. The van der Waals surface area contributed by atoms with Gasteiger partial charge in [0.05, 0.1) is 5.69 Å². The lowest BCUT2D eigenvalue weighted by molar-refractivity contribution is 0.104. The zero-order valence-corrected chi connectivity index (χ0v) is 14.0. The van der Waals surface area contributed by atoms with Gasteiger partial charge in [-0.15, -0.1) is 11.3 Å². The molecule has 0 atom stereocenters. The van der Waals surface area contributed by atoms with Crippen molar-refractivity contribution in [2.45, 2.75) is 13.8 Å². The fourth-order valence-electron chi connectivity index (χ4n) is 2.03. The van der Waals surface area contributed by atoms with Crippen molar-refractivity contribution in [2.75, 3.05) is 0 Å². The number of ketones is 1. The molecule has 0 N–H and O–H groups in total. The highest BCUT2D eigenvalue weighted by atomic mass is 32.1. The molecular weight excluding hydrogens is 310 g/mol. The Labute approximate surface area is 137 Å². The Morgan fingerprint density at radius 1 is 1.14 bits per heavy atom. The number of thiophene rings is 1. The number of carbonyl (C=O) groups is 1. The number of rotatable bonds is 4. The van der Waals surface area contributed by atoms with E-state index in [2.05, 4.69) is 16.4 Å². The van der Waals surface area contributed by atoms with E-state index < -0.39 is 0 Å². The predicted octanol–water partition coefficient (Wildman–Crippen LogP) is 5.38. The third-order valence-corrected chi connectivity index (χ3v) is 5.08. The molecule has 0 aliphatic rings. The van der Waals surface area contributed by atoms with Crippen molar-refractivity contribution >= 4 is 34.5 Å². The van der Waals surface area contributed by atoms with Crippen LogP contribution in [0.25, 0.3) is 16.6 Å². The Kier molecular flexibility index (Phi) is 4.32. The molecule has 3 rings (SSSR count). The van der Waals surface area contributed by atoms with Crippen molar-refractivity contribution in [1.82, 2.24) is 4.98 Å². The third kappa shape index (κ3) is 3.24. The van der Waals surface area contributed by atoms with Gasteiger partial charge in [0, 0.05) is 21.9 Å². The fourth-order valence-corrected chi connectivity index (χ4v) is 3.53. The van der Waals surface area contributed by atoms with E-state index in [4.69, 9.17) is 0 Å². The molecule has 2 heterocycles. The van der Waals surface area contributed by atoms with Crippen LogP contribution in [-0.2, 0) is 0 Å². The molecule has 0 amide bonds. The van der Waals surface area contributed by atoms with Crippen LogP contribution in [0.15, 0.2) is 46.5 Å². The molecule has 0 radical (unpaired) electrons. The van der Waals surface area contributed by atoms with E-state index in [1.807, 2.05) is 42.8 Å². The Hall–Kier alpha value is -2.04. The van der Waals surface area contributed by atoms with Crippen LogP contribution in [0.5, 0.6) is 0 Å². The van der Waals surface area contributed by atoms with Gasteiger partial charge in [0.2, 0.25) is 0 Å². The number of carbonyl (C=O) groups excluding carboxylic acids is 1. The van der Waals surface area contributed by atoms with Crippen LogP contribution >= 0.6 is 22.7 Å². The fraction of sp³-hybridized carbons (Fsp3) is 0.111. The van der Waals surface area contributed by atoms with Gasteiger partial charge in [-0.2, -0.15) is 11.3 Å². The van der Waals surface area contributed by atoms with Crippen LogP contribution in [0.1, 0.15) is 27.2 Å². The van der Waals surface area contributed by atoms with E-state index in [0.717, 1.165) is 21.8 Å². The predicted molar refractivity (Wildman–Crippen MR) is 94.7 cm³/mol. The molecule has 0 aliphatic heterocycles. The first-order valence-electron chi connectivity index (χ1n) is 6.91. The number of aromatic nitrogens is 1. The minimum Gasteiger partial charge on any atom is -0.289 e. The molecule has 0 aliphatic carbocycles. The largest absolute Gasteiger partial charge is 0.289 e. The average Bonchev–Trinajstić information content (AvgIpc) is 3.18. The summed E-state index contributed by atoms with van der Waals surface area (Å²) < 4.78 is 0. The lowest BCUT2D eigenvalue weighted by atomic mass is 10.0. The van der Waals surface area contributed by atoms with Crippen molar-refractivity contribution in [1.29, 1.82) is 0 Å². The van der Waals surface area contributed by atoms with Gasteiger partial charge in [-0.3, -0.25) is 4.79 Å². The van der Waals surface area contributed by atoms with Crippen LogP contribution in [0.2, 0.25) is 0 Å². The molecule has 3 aromatic rings. The molecule has 0 bridgehead atoms. The topological polar surface area (TPSA) is 30.0 Å². The van der Waals surface area contributed by atoms with Crippen molar-refractivity contribution in [2.24, 2.45) is 0 Å². The highest BCUT2D eigenvalue weighted by Crippen LogP contribution is 2.26. The van der Waals surface area contributed by atoms with Gasteiger partial charge in [0.15, 0.2) is 5.78 Å². The lowest BCUT2D eigenvalue weighted by Crippen LogP contribution is -1.95. The number of hydrogen-bond donors (Lipinski definition) is 0. The molecule has 0 saturated heterocycles. The van der Waals surface area contributed by atoms with Crippen molar-refractivity contribution in [3.63, 3.8) is 0 Å². The second kappa shape index (κ2) is 6.38. The van der Waals surface area contributed by atoms with E-state index in [0.29, 0.717) is 5.56 Å². The second-order valence-corrected chi connectivity index (χ2v) is 6.72. The molecule has 1 aromatic carbocycles. The molecule has 2 nitrogen and oxygen atoms in total. The maximum absolute atomic E-state index is 12.2. The molecule has 22 heavy (non-hydrogen) atoms. The number of nitrogens with zero attached hydrogens (tertiary/aromatic N) is 1. The summed E-state index contributed by atoms with van der Waals surface area (Å²) in [5.41, 5.74) is 5.00. The quantitative estimate of drug-likeness (QED) is 0.476. The Morgan fingerprint density at radius 3 is 2.73 bits per heavy atom. The first kappa shape index (κ1) is 14.9. The monoisotopic (exact) mass is 325 g/mol. The molecule has 110 valence electrons. The second-order valence-electron chi connectivity index (χ2n) is 5.09. The summed E-state index contributed by atoms with van der Waals surface area (Å²) >= 11 is 3.25. The highest BCUT2D eigenvalue weighted by Gasteiger charge is 2.05. The maximum Gasteiger partial charge on any atom is 0.185 e. The summed E-state index contributed by atoms with van der Waals surface area (Å²) in [5.74, 6) is 0.00758. The van der Waals surface area contributed by atoms with E-state index in [-0.39, 0.29) is 5.78 Å². The van der Waals surface area contributed by atoms with E-state index in [1.165, 1.54) is 5.56 Å². The number of thiazole rings is 1. The SMILES string of the molecule is Cc1ccc(C(=O)/C=C/c2csc(-c3ccsc3)n2)cc1C. The average molecular weight is 325 g/mol. The highest BCUT2D eigenvalue weighted by molar-refractivity contribution is 7.14. The van der Waals surface area contributed by atoms with Gasteiger partial charge < -0.3 is 0 Å². The van der Waals surface area contributed by atoms with Crippen molar-refractivity contribution < 1.29 is 4.79 Å².